The molecular weight excluding hydrogens is 390 g/mol. The van der Waals surface area contributed by atoms with Crippen LogP contribution in [0.3, 0.4) is 0 Å². The lowest BCUT2D eigenvalue weighted by Crippen LogP contribution is -2.47. The highest BCUT2D eigenvalue weighted by atomic mass is 16.5. The van der Waals surface area contributed by atoms with Crippen LogP contribution in [0, 0.1) is 5.92 Å². The van der Waals surface area contributed by atoms with Crippen molar-refractivity contribution >= 4 is 17.3 Å². The standard InChI is InChI=1S/C24H27N5O2/c25-20-14-21(29-12-10-16(15-30)11-13-29)28-23(22(20)24(26)27)17-6-8-19(9-7-17)31-18-4-2-1-3-5-18/h1-9,14,16,30H,10-13,15H2,(H2,25,28)(H3,26,27)/p+1. The van der Waals surface area contributed by atoms with Gasteiger partial charge >= 0.3 is 0 Å². The minimum Gasteiger partial charge on any atom is -0.457 e. The first-order valence-corrected chi connectivity index (χ1v) is 10.4. The first-order valence-electron chi connectivity index (χ1n) is 10.4. The van der Waals surface area contributed by atoms with Crippen LogP contribution in [-0.4, -0.2) is 35.6 Å². The van der Waals surface area contributed by atoms with Gasteiger partial charge in [0.1, 0.15) is 22.9 Å². The molecule has 0 aliphatic carbocycles. The third-order valence-corrected chi connectivity index (χ3v) is 5.63. The predicted octanol–water partition coefficient (Wildman–Crippen LogP) is 1.80. The van der Waals surface area contributed by atoms with E-state index in [9.17, 15) is 5.11 Å². The minimum absolute atomic E-state index is 0.134. The average Bonchev–Trinajstić information content (AvgIpc) is 2.79. The first-order chi connectivity index (χ1) is 15.0. The second-order valence-corrected chi connectivity index (χ2v) is 7.80. The molecule has 3 aromatic rings. The van der Waals surface area contributed by atoms with E-state index in [2.05, 4.69) is 4.90 Å². The number of rotatable bonds is 6. The number of aliphatic hydroxyl groups is 1. The number of hydrogen-bond donors (Lipinski definition) is 4. The molecule has 31 heavy (non-hydrogen) atoms. The van der Waals surface area contributed by atoms with Crippen LogP contribution in [0.2, 0.25) is 0 Å². The van der Waals surface area contributed by atoms with E-state index in [0.29, 0.717) is 22.9 Å². The number of aromatic nitrogens is 1. The van der Waals surface area contributed by atoms with Crippen LogP contribution in [0.5, 0.6) is 11.5 Å². The van der Waals surface area contributed by atoms with Gasteiger partial charge < -0.3 is 20.5 Å². The van der Waals surface area contributed by atoms with Gasteiger partial charge in [-0.15, -0.1) is 0 Å². The summed E-state index contributed by atoms with van der Waals surface area (Å²) in [5.41, 5.74) is 14.8. The number of ether oxygens (including phenoxy) is 1. The molecule has 7 nitrogen and oxygen atoms in total. The lowest BCUT2D eigenvalue weighted by molar-refractivity contribution is -0.114. The van der Waals surface area contributed by atoms with Gasteiger partial charge in [0.15, 0.2) is 0 Å². The Hall–Kier alpha value is -3.58. The maximum absolute atomic E-state index is 9.40. The number of anilines is 2. The zero-order chi connectivity index (χ0) is 21.8. The van der Waals surface area contributed by atoms with E-state index in [1.807, 2.05) is 60.7 Å². The molecule has 0 radical (unpaired) electrons. The number of pyridine rings is 1. The zero-order valence-electron chi connectivity index (χ0n) is 17.4. The van der Waals surface area contributed by atoms with Crippen molar-refractivity contribution in [3.63, 3.8) is 0 Å². The van der Waals surface area contributed by atoms with E-state index in [4.69, 9.17) is 26.6 Å². The molecule has 0 amide bonds. The highest BCUT2D eigenvalue weighted by Gasteiger charge is 2.24. The van der Waals surface area contributed by atoms with Crippen LogP contribution in [-0.2, 0) is 0 Å². The third kappa shape index (κ3) is 4.62. The molecule has 1 aromatic heterocycles. The van der Waals surface area contributed by atoms with Gasteiger partial charge in [0.25, 0.3) is 5.84 Å². The fourth-order valence-electron chi connectivity index (χ4n) is 3.88. The van der Waals surface area contributed by atoms with E-state index < -0.39 is 0 Å². The highest BCUT2D eigenvalue weighted by molar-refractivity contribution is 6.04. The number of benzene rings is 2. The minimum atomic E-state index is 0.134. The van der Waals surface area contributed by atoms with Crippen LogP contribution in [0.25, 0.3) is 11.3 Å². The maximum Gasteiger partial charge on any atom is 0.275 e. The van der Waals surface area contributed by atoms with Crippen LogP contribution >= 0.6 is 0 Å². The molecule has 0 saturated carbocycles. The Kier molecular flexibility index (Phi) is 6.04. The lowest BCUT2D eigenvalue weighted by Gasteiger charge is -2.32. The Bertz CT molecular complexity index is 1050. The number of nitrogen functional groups attached to an aromatic ring is 1. The van der Waals surface area contributed by atoms with Crippen LogP contribution < -0.4 is 26.5 Å². The largest absolute Gasteiger partial charge is 0.457 e. The van der Waals surface area contributed by atoms with Crippen LogP contribution in [0.1, 0.15) is 18.4 Å². The van der Waals surface area contributed by atoms with Gasteiger partial charge in [-0.25, -0.2) is 4.98 Å². The molecule has 1 aliphatic rings. The fourth-order valence-corrected chi connectivity index (χ4v) is 3.88. The molecule has 2 heterocycles. The van der Waals surface area contributed by atoms with E-state index in [0.717, 1.165) is 48.8 Å². The third-order valence-electron chi connectivity index (χ3n) is 5.63. The van der Waals surface area contributed by atoms with Gasteiger partial charge in [0.05, 0.1) is 11.4 Å². The van der Waals surface area contributed by atoms with Gasteiger partial charge in [0, 0.05) is 31.3 Å². The molecule has 0 spiro atoms. The summed E-state index contributed by atoms with van der Waals surface area (Å²) >= 11 is 0. The molecular formula is C24H28N5O2+. The average molecular weight is 419 g/mol. The van der Waals surface area contributed by atoms with Gasteiger partial charge in [-0.1, -0.05) is 18.2 Å². The number of para-hydroxylation sites is 1. The fraction of sp³-hybridized carbons (Fsp3) is 0.250. The molecule has 160 valence electrons. The van der Waals surface area contributed by atoms with Gasteiger partial charge in [0.2, 0.25) is 0 Å². The summed E-state index contributed by atoms with van der Waals surface area (Å²) in [5.74, 6) is 2.76. The van der Waals surface area contributed by atoms with Crippen LogP contribution in [0.15, 0.2) is 60.7 Å². The predicted molar refractivity (Wildman–Crippen MR) is 123 cm³/mol. The topological polar surface area (TPSA) is 123 Å². The number of hydrogen-bond acceptors (Lipinski definition) is 5. The molecule has 0 unspecified atom stereocenters. The second kappa shape index (κ2) is 9.06. The Morgan fingerprint density at radius 1 is 1.06 bits per heavy atom. The Labute approximate surface area is 181 Å². The second-order valence-electron chi connectivity index (χ2n) is 7.80. The van der Waals surface area contributed by atoms with Gasteiger partial charge in [-0.3, -0.25) is 11.1 Å². The Morgan fingerprint density at radius 3 is 2.32 bits per heavy atom. The van der Waals surface area contributed by atoms with Crippen molar-refractivity contribution in [1.29, 1.82) is 0 Å². The van der Waals surface area contributed by atoms with Gasteiger partial charge in [-0.2, -0.15) is 0 Å². The number of nitrogens with two attached hydrogens (primary N) is 3. The number of amidine groups is 1. The molecule has 0 atom stereocenters. The quantitative estimate of drug-likeness (QED) is 0.358. The Morgan fingerprint density at radius 2 is 1.71 bits per heavy atom. The summed E-state index contributed by atoms with van der Waals surface area (Å²) in [6, 6.07) is 19.1. The molecule has 7 N–H and O–H groups in total. The summed E-state index contributed by atoms with van der Waals surface area (Å²) in [6.45, 7) is 1.87. The summed E-state index contributed by atoms with van der Waals surface area (Å²) in [7, 11) is 0. The molecule has 4 rings (SSSR count). The summed E-state index contributed by atoms with van der Waals surface area (Å²) in [5, 5.41) is 15.4. The molecule has 1 saturated heterocycles. The van der Waals surface area contributed by atoms with Crippen molar-refractivity contribution in [1.82, 2.24) is 4.98 Å². The Balaban J connectivity index is 1.64. The number of aliphatic hydroxyl groups excluding tert-OH is 1. The molecule has 1 fully saturated rings. The van der Waals surface area contributed by atoms with Crippen LogP contribution in [0.4, 0.5) is 11.5 Å². The molecule has 2 aromatic carbocycles. The lowest BCUT2D eigenvalue weighted by atomic mass is 9.97. The number of nitrogens with zero attached hydrogens (tertiary/aromatic N) is 2. The molecule has 0 bridgehead atoms. The van der Waals surface area contributed by atoms with Crippen molar-refractivity contribution in [2.45, 2.75) is 12.8 Å². The maximum atomic E-state index is 9.40. The molecule has 1 aliphatic heterocycles. The smallest absolute Gasteiger partial charge is 0.275 e. The summed E-state index contributed by atoms with van der Waals surface area (Å²) < 4.78 is 5.88. The van der Waals surface area contributed by atoms with Crippen molar-refractivity contribution in [2.24, 2.45) is 11.7 Å². The normalized spacial score (nSPS) is 14.4. The van der Waals surface area contributed by atoms with Gasteiger partial charge in [-0.05, 0) is 55.2 Å². The highest BCUT2D eigenvalue weighted by Crippen LogP contribution is 2.32. The SMILES string of the molecule is NC(=[NH2+])c1c(N)cc(N2CCC(CO)CC2)nc1-c1ccc(Oc2ccccc2)cc1. The van der Waals surface area contributed by atoms with E-state index in [1.165, 1.54) is 0 Å². The monoisotopic (exact) mass is 418 g/mol. The van der Waals surface area contributed by atoms with E-state index in [-0.39, 0.29) is 12.4 Å². The zero-order valence-corrected chi connectivity index (χ0v) is 17.4. The summed E-state index contributed by atoms with van der Waals surface area (Å²) in [4.78, 5) is 7.06. The van der Waals surface area contributed by atoms with E-state index >= 15 is 0 Å². The van der Waals surface area contributed by atoms with Crippen molar-refractivity contribution in [3.05, 3.63) is 66.2 Å². The van der Waals surface area contributed by atoms with Crippen molar-refractivity contribution in [3.8, 4) is 22.8 Å². The molecule has 7 heteroatoms. The summed E-state index contributed by atoms with van der Waals surface area (Å²) in [6.07, 6.45) is 1.84. The number of piperidine rings is 1. The van der Waals surface area contributed by atoms with Crippen molar-refractivity contribution in [2.75, 3.05) is 30.3 Å². The first kappa shape index (κ1) is 20.7. The van der Waals surface area contributed by atoms with E-state index in [1.54, 1.807) is 0 Å². The van der Waals surface area contributed by atoms with Crippen molar-refractivity contribution < 1.29 is 15.3 Å².